The number of nitrogens with zero attached hydrogens (tertiary/aromatic N) is 2. The Morgan fingerprint density at radius 1 is 1.24 bits per heavy atom. The molecule has 1 aromatic carbocycles. The quantitative estimate of drug-likeness (QED) is 0.282. The fraction of sp³-hybridized carbons (Fsp3) is 0.682. The number of aliphatic hydroxyl groups excluding tert-OH is 1. The van der Waals surface area contributed by atoms with Crippen LogP contribution in [0.1, 0.15) is 50.7 Å². The second kappa shape index (κ2) is 12.6. The van der Waals surface area contributed by atoms with Gasteiger partial charge in [-0.05, 0) is 49.8 Å². The second-order valence-corrected chi connectivity index (χ2v) is 8.05. The Labute approximate surface area is 192 Å². The van der Waals surface area contributed by atoms with E-state index in [2.05, 4.69) is 27.4 Å². The van der Waals surface area contributed by atoms with E-state index >= 15 is 0 Å². The van der Waals surface area contributed by atoms with Crippen LogP contribution >= 0.6 is 24.0 Å². The highest BCUT2D eigenvalue weighted by Gasteiger charge is 2.26. The van der Waals surface area contributed by atoms with Gasteiger partial charge in [-0.25, -0.2) is 0 Å². The maximum Gasteiger partial charge on any atom is 0.191 e. The summed E-state index contributed by atoms with van der Waals surface area (Å²) in [5.74, 6) is 2.49. The number of benzene rings is 1. The van der Waals surface area contributed by atoms with Gasteiger partial charge in [-0.1, -0.05) is 25.0 Å². The fourth-order valence-electron chi connectivity index (χ4n) is 4.30. The van der Waals surface area contributed by atoms with Crippen LogP contribution in [0.3, 0.4) is 0 Å². The van der Waals surface area contributed by atoms with Gasteiger partial charge in [0, 0.05) is 32.2 Å². The molecule has 6 nitrogen and oxygen atoms in total. The molecule has 1 saturated heterocycles. The van der Waals surface area contributed by atoms with Gasteiger partial charge < -0.3 is 25.4 Å². The van der Waals surface area contributed by atoms with Crippen LogP contribution in [0.15, 0.2) is 29.3 Å². The molecule has 0 bridgehead atoms. The minimum atomic E-state index is -0.621. The molecule has 0 spiro atoms. The summed E-state index contributed by atoms with van der Waals surface area (Å²) in [7, 11) is 1.64. The van der Waals surface area contributed by atoms with Gasteiger partial charge in [0.15, 0.2) is 5.96 Å². The van der Waals surface area contributed by atoms with Crippen molar-refractivity contribution in [3.05, 3.63) is 29.8 Å². The third-order valence-corrected chi connectivity index (χ3v) is 5.87. The summed E-state index contributed by atoms with van der Waals surface area (Å²) in [6.45, 7) is 6.72. The number of halogens is 1. The van der Waals surface area contributed by atoms with E-state index in [9.17, 15) is 5.11 Å². The number of hydrogen-bond donors (Lipinski definition) is 3. The summed E-state index contributed by atoms with van der Waals surface area (Å²) in [5.41, 5.74) is 0.851. The van der Waals surface area contributed by atoms with E-state index < -0.39 is 6.10 Å². The molecule has 2 unspecified atom stereocenters. The molecule has 2 aliphatic rings. The monoisotopic (exact) mass is 516 g/mol. The van der Waals surface area contributed by atoms with E-state index in [1.807, 2.05) is 24.3 Å². The molecule has 164 valence electrons. The molecule has 3 N–H and O–H groups in total. The van der Waals surface area contributed by atoms with E-state index in [0.717, 1.165) is 42.7 Å². The van der Waals surface area contributed by atoms with E-state index in [1.54, 1.807) is 7.11 Å². The van der Waals surface area contributed by atoms with Crippen molar-refractivity contribution in [3.8, 4) is 5.75 Å². The maximum absolute atomic E-state index is 10.5. The van der Waals surface area contributed by atoms with Crippen LogP contribution in [-0.4, -0.2) is 61.8 Å². The second-order valence-electron chi connectivity index (χ2n) is 8.05. The first-order valence-electron chi connectivity index (χ1n) is 10.8. The standard InChI is InChI=1S/C22H36N4O2.HI/c1-3-23-22(24-14-21(27)18-8-10-20(28-2)11-9-18)25-19-12-13-26(16-19)15-17-6-4-5-7-17;/h8-11,17,19,21,27H,3-7,12-16H2,1-2H3,(H2,23,24,25);1H. The summed E-state index contributed by atoms with van der Waals surface area (Å²) >= 11 is 0. The molecule has 1 aliphatic heterocycles. The predicted molar refractivity (Wildman–Crippen MR) is 129 cm³/mol. The molecular weight excluding hydrogens is 479 g/mol. The van der Waals surface area contributed by atoms with Crippen LogP contribution in [0.2, 0.25) is 0 Å². The molecule has 0 radical (unpaired) electrons. The SMILES string of the molecule is CCNC(=NCC(O)c1ccc(OC)cc1)NC1CCN(CC2CCCC2)C1.I. The fourth-order valence-corrected chi connectivity index (χ4v) is 4.30. The number of aliphatic imine (C=N–C) groups is 1. The molecule has 29 heavy (non-hydrogen) atoms. The molecule has 1 aliphatic carbocycles. The summed E-state index contributed by atoms with van der Waals surface area (Å²) in [4.78, 5) is 7.22. The van der Waals surface area contributed by atoms with Crippen LogP contribution in [0.4, 0.5) is 0 Å². The van der Waals surface area contributed by atoms with Crippen LogP contribution in [0.25, 0.3) is 0 Å². The zero-order valence-corrected chi connectivity index (χ0v) is 20.1. The number of methoxy groups -OCH3 is 1. The number of hydrogen-bond acceptors (Lipinski definition) is 4. The summed E-state index contributed by atoms with van der Waals surface area (Å²) in [6, 6.07) is 7.93. The van der Waals surface area contributed by atoms with E-state index in [1.165, 1.54) is 38.8 Å². The average Bonchev–Trinajstić information content (AvgIpc) is 3.38. The molecule has 0 aromatic heterocycles. The Kier molecular flexibility index (Phi) is 10.5. The van der Waals surface area contributed by atoms with E-state index in [0.29, 0.717) is 12.6 Å². The molecule has 7 heteroatoms. The average molecular weight is 516 g/mol. The minimum absolute atomic E-state index is 0. The number of guanidine groups is 1. The molecule has 1 heterocycles. The molecule has 2 fully saturated rings. The lowest BCUT2D eigenvalue weighted by atomic mass is 10.1. The highest BCUT2D eigenvalue weighted by atomic mass is 127. The Balaban J connectivity index is 0.00000300. The third kappa shape index (κ3) is 7.61. The van der Waals surface area contributed by atoms with Crippen molar-refractivity contribution in [1.29, 1.82) is 0 Å². The smallest absolute Gasteiger partial charge is 0.191 e. The number of likely N-dealkylation sites (tertiary alicyclic amines) is 1. The van der Waals surface area contributed by atoms with Crippen LogP contribution in [0, 0.1) is 5.92 Å². The Hall–Kier alpha value is -1.06. The summed E-state index contributed by atoms with van der Waals surface area (Å²) < 4.78 is 5.17. The lowest BCUT2D eigenvalue weighted by Gasteiger charge is -2.21. The molecule has 3 rings (SSSR count). The first-order chi connectivity index (χ1) is 13.7. The molecular formula is C22H37IN4O2. The minimum Gasteiger partial charge on any atom is -0.497 e. The van der Waals surface area contributed by atoms with Gasteiger partial charge in [0.25, 0.3) is 0 Å². The molecule has 0 amide bonds. The van der Waals surface area contributed by atoms with Crippen molar-refractivity contribution in [1.82, 2.24) is 15.5 Å². The molecule has 2 atom stereocenters. The highest BCUT2D eigenvalue weighted by molar-refractivity contribution is 14.0. The van der Waals surface area contributed by atoms with Crippen LogP contribution in [0.5, 0.6) is 5.75 Å². The van der Waals surface area contributed by atoms with Crippen molar-refractivity contribution < 1.29 is 9.84 Å². The first-order valence-corrected chi connectivity index (χ1v) is 10.8. The van der Waals surface area contributed by atoms with Gasteiger partial charge in [-0.2, -0.15) is 0 Å². The highest BCUT2D eigenvalue weighted by Crippen LogP contribution is 2.26. The third-order valence-electron chi connectivity index (χ3n) is 5.87. The number of nitrogens with one attached hydrogen (secondary N) is 2. The van der Waals surface area contributed by atoms with Gasteiger partial charge in [-0.15, -0.1) is 24.0 Å². The number of ether oxygens (including phenoxy) is 1. The van der Waals surface area contributed by atoms with Crippen molar-refractivity contribution in [2.45, 2.75) is 51.2 Å². The zero-order valence-electron chi connectivity index (χ0n) is 17.8. The van der Waals surface area contributed by atoms with E-state index in [-0.39, 0.29) is 24.0 Å². The summed E-state index contributed by atoms with van der Waals surface area (Å²) in [5, 5.41) is 17.3. The Bertz CT molecular complexity index is 620. The topological polar surface area (TPSA) is 69.1 Å². The van der Waals surface area contributed by atoms with Crippen LogP contribution < -0.4 is 15.4 Å². The van der Waals surface area contributed by atoms with Gasteiger partial charge in [0.2, 0.25) is 0 Å². The van der Waals surface area contributed by atoms with Crippen molar-refractivity contribution in [2.24, 2.45) is 10.9 Å². The van der Waals surface area contributed by atoms with Crippen LogP contribution in [-0.2, 0) is 0 Å². The van der Waals surface area contributed by atoms with Gasteiger partial charge >= 0.3 is 0 Å². The predicted octanol–water partition coefficient (Wildman–Crippen LogP) is 3.17. The largest absolute Gasteiger partial charge is 0.497 e. The summed E-state index contributed by atoms with van der Waals surface area (Å²) in [6.07, 6.45) is 6.16. The Morgan fingerprint density at radius 2 is 1.97 bits per heavy atom. The van der Waals surface area contributed by atoms with Gasteiger partial charge in [0.1, 0.15) is 5.75 Å². The first kappa shape index (κ1) is 24.2. The molecule has 1 aromatic rings. The lowest BCUT2D eigenvalue weighted by molar-refractivity contribution is 0.187. The van der Waals surface area contributed by atoms with Gasteiger partial charge in [-0.3, -0.25) is 4.99 Å². The normalized spacial score (nSPS) is 21.6. The lowest BCUT2D eigenvalue weighted by Crippen LogP contribution is -2.45. The number of aliphatic hydroxyl groups is 1. The van der Waals surface area contributed by atoms with Crippen molar-refractivity contribution in [2.75, 3.05) is 39.8 Å². The zero-order chi connectivity index (χ0) is 19.8. The van der Waals surface area contributed by atoms with Crippen molar-refractivity contribution >= 4 is 29.9 Å². The maximum atomic E-state index is 10.5. The Morgan fingerprint density at radius 3 is 2.62 bits per heavy atom. The number of rotatable bonds is 8. The van der Waals surface area contributed by atoms with Gasteiger partial charge in [0.05, 0.1) is 19.8 Å². The molecule has 1 saturated carbocycles. The van der Waals surface area contributed by atoms with E-state index in [4.69, 9.17) is 4.74 Å². The van der Waals surface area contributed by atoms with Crippen molar-refractivity contribution in [3.63, 3.8) is 0 Å².